The number of carbonyl (C=O) groups excluding carboxylic acids is 1. The summed E-state index contributed by atoms with van der Waals surface area (Å²) >= 11 is 0. The predicted octanol–water partition coefficient (Wildman–Crippen LogP) is 2.26. The minimum Gasteiger partial charge on any atom is -0.339 e. The van der Waals surface area contributed by atoms with Crippen LogP contribution in [0.15, 0.2) is 0 Å². The third kappa shape index (κ3) is 2.35. The normalized spacial score (nSPS) is 28.5. The monoisotopic (exact) mass is 238 g/mol. The topological polar surface area (TPSA) is 23.6 Å². The van der Waals surface area contributed by atoms with E-state index in [2.05, 4.69) is 23.8 Å². The lowest BCUT2D eigenvalue weighted by molar-refractivity contribution is -0.130. The lowest BCUT2D eigenvalue weighted by Crippen LogP contribution is -2.42. The Morgan fingerprint density at radius 2 is 2.00 bits per heavy atom. The predicted molar refractivity (Wildman–Crippen MR) is 69.9 cm³/mol. The molecule has 3 nitrogen and oxygen atoms in total. The SMILES string of the molecule is CCN(C(C)=O)C1CN(C)C2(CCCCC2)C1. The second-order valence-corrected chi connectivity index (χ2v) is 5.83. The summed E-state index contributed by atoms with van der Waals surface area (Å²) in [5, 5.41) is 0. The Balaban J connectivity index is 2.07. The van der Waals surface area contributed by atoms with E-state index in [1.54, 1.807) is 6.92 Å². The molecule has 0 aromatic carbocycles. The van der Waals surface area contributed by atoms with Crippen molar-refractivity contribution in [2.45, 2.75) is 64.0 Å². The van der Waals surface area contributed by atoms with Crippen LogP contribution >= 0.6 is 0 Å². The van der Waals surface area contributed by atoms with Gasteiger partial charge in [0.1, 0.15) is 0 Å². The van der Waals surface area contributed by atoms with Gasteiger partial charge in [-0.05, 0) is 33.2 Å². The van der Waals surface area contributed by atoms with Crippen molar-refractivity contribution < 1.29 is 4.79 Å². The van der Waals surface area contributed by atoms with E-state index in [4.69, 9.17) is 0 Å². The van der Waals surface area contributed by atoms with Crippen LogP contribution in [0.5, 0.6) is 0 Å². The Hall–Kier alpha value is -0.570. The molecular formula is C14H26N2O. The van der Waals surface area contributed by atoms with Gasteiger partial charge in [-0.25, -0.2) is 0 Å². The summed E-state index contributed by atoms with van der Waals surface area (Å²) < 4.78 is 0. The highest BCUT2D eigenvalue weighted by molar-refractivity contribution is 5.73. The molecule has 3 heteroatoms. The number of nitrogens with zero attached hydrogens (tertiary/aromatic N) is 2. The van der Waals surface area contributed by atoms with Gasteiger partial charge in [0.2, 0.25) is 5.91 Å². The smallest absolute Gasteiger partial charge is 0.219 e. The maximum Gasteiger partial charge on any atom is 0.219 e. The average Bonchev–Trinajstić information content (AvgIpc) is 2.58. The van der Waals surface area contributed by atoms with Crippen molar-refractivity contribution in [2.24, 2.45) is 0 Å². The first-order valence-corrected chi connectivity index (χ1v) is 7.07. The van der Waals surface area contributed by atoms with Gasteiger partial charge in [0.15, 0.2) is 0 Å². The minimum absolute atomic E-state index is 0.235. The van der Waals surface area contributed by atoms with Crippen molar-refractivity contribution in [3.8, 4) is 0 Å². The van der Waals surface area contributed by atoms with E-state index in [-0.39, 0.29) is 5.91 Å². The molecule has 0 aromatic rings. The first-order valence-electron chi connectivity index (χ1n) is 7.07. The van der Waals surface area contributed by atoms with E-state index in [1.165, 1.54) is 38.5 Å². The largest absolute Gasteiger partial charge is 0.339 e. The third-order valence-electron chi connectivity index (χ3n) is 4.88. The molecule has 0 aromatic heterocycles. The molecule has 1 saturated carbocycles. The number of likely N-dealkylation sites (N-methyl/N-ethyl adjacent to an activating group) is 2. The molecule has 1 unspecified atom stereocenters. The average molecular weight is 238 g/mol. The Morgan fingerprint density at radius 1 is 1.35 bits per heavy atom. The second-order valence-electron chi connectivity index (χ2n) is 5.83. The summed E-state index contributed by atoms with van der Waals surface area (Å²) in [6.45, 7) is 5.71. The summed E-state index contributed by atoms with van der Waals surface area (Å²) in [7, 11) is 2.25. The van der Waals surface area contributed by atoms with Gasteiger partial charge in [0, 0.05) is 31.6 Å². The molecule has 0 bridgehead atoms. The van der Waals surface area contributed by atoms with Crippen LogP contribution in [0.1, 0.15) is 52.4 Å². The molecule has 1 atom stereocenters. The zero-order valence-electron chi connectivity index (χ0n) is 11.5. The first-order chi connectivity index (χ1) is 8.09. The fraction of sp³-hybridized carbons (Fsp3) is 0.929. The van der Waals surface area contributed by atoms with E-state index in [0.717, 1.165) is 13.1 Å². The molecule has 2 aliphatic rings. The van der Waals surface area contributed by atoms with Gasteiger partial charge in [0.05, 0.1) is 0 Å². The van der Waals surface area contributed by atoms with Gasteiger partial charge in [-0.1, -0.05) is 19.3 Å². The zero-order chi connectivity index (χ0) is 12.5. The van der Waals surface area contributed by atoms with Crippen molar-refractivity contribution in [3.05, 3.63) is 0 Å². The molecule has 1 aliphatic carbocycles. The van der Waals surface area contributed by atoms with Crippen molar-refractivity contribution >= 4 is 5.91 Å². The molecule has 1 aliphatic heterocycles. The first kappa shape index (κ1) is 12.9. The highest BCUT2D eigenvalue weighted by Gasteiger charge is 2.45. The number of hydrogen-bond donors (Lipinski definition) is 0. The van der Waals surface area contributed by atoms with E-state index in [9.17, 15) is 4.79 Å². The molecule has 1 spiro atoms. The molecule has 2 rings (SSSR count). The lowest BCUT2D eigenvalue weighted by Gasteiger charge is -2.39. The van der Waals surface area contributed by atoms with Gasteiger partial charge in [0.25, 0.3) is 0 Å². The Kier molecular flexibility index (Phi) is 3.76. The van der Waals surface area contributed by atoms with Crippen LogP contribution < -0.4 is 0 Å². The van der Waals surface area contributed by atoms with Crippen LogP contribution in [0, 0.1) is 0 Å². The maximum atomic E-state index is 11.6. The van der Waals surface area contributed by atoms with Crippen LogP contribution in [0.3, 0.4) is 0 Å². The Morgan fingerprint density at radius 3 is 2.53 bits per heavy atom. The highest BCUT2D eigenvalue weighted by atomic mass is 16.2. The van der Waals surface area contributed by atoms with E-state index in [0.29, 0.717) is 11.6 Å². The molecule has 98 valence electrons. The molecule has 1 amide bonds. The van der Waals surface area contributed by atoms with Crippen molar-refractivity contribution in [1.82, 2.24) is 9.80 Å². The molecule has 2 fully saturated rings. The van der Waals surface area contributed by atoms with E-state index in [1.807, 2.05) is 0 Å². The van der Waals surface area contributed by atoms with Crippen LogP contribution in [-0.4, -0.2) is 47.4 Å². The van der Waals surface area contributed by atoms with Gasteiger partial charge in [-0.2, -0.15) is 0 Å². The van der Waals surface area contributed by atoms with E-state index >= 15 is 0 Å². The van der Waals surface area contributed by atoms with Crippen LogP contribution in [-0.2, 0) is 4.79 Å². The van der Waals surface area contributed by atoms with Gasteiger partial charge < -0.3 is 4.90 Å². The Bertz CT molecular complexity index is 284. The number of likely N-dealkylation sites (tertiary alicyclic amines) is 1. The van der Waals surface area contributed by atoms with Gasteiger partial charge in [-0.15, -0.1) is 0 Å². The summed E-state index contributed by atoms with van der Waals surface area (Å²) in [4.78, 5) is 16.2. The van der Waals surface area contributed by atoms with Crippen molar-refractivity contribution in [3.63, 3.8) is 0 Å². The number of hydrogen-bond acceptors (Lipinski definition) is 2. The molecule has 1 saturated heterocycles. The number of carbonyl (C=O) groups is 1. The standard InChI is InChI=1S/C14H26N2O/c1-4-16(12(2)17)13-10-14(15(3)11-13)8-6-5-7-9-14/h13H,4-11H2,1-3H3. The van der Waals surface area contributed by atoms with E-state index < -0.39 is 0 Å². The molecule has 0 radical (unpaired) electrons. The second kappa shape index (κ2) is 4.97. The third-order valence-corrected chi connectivity index (χ3v) is 4.88. The zero-order valence-corrected chi connectivity index (χ0v) is 11.5. The fourth-order valence-corrected chi connectivity index (χ4v) is 3.91. The highest BCUT2D eigenvalue weighted by Crippen LogP contribution is 2.41. The summed E-state index contributed by atoms with van der Waals surface area (Å²) in [5.41, 5.74) is 0.409. The van der Waals surface area contributed by atoms with Crippen LogP contribution in [0.4, 0.5) is 0 Å². The van der Waals surface area contributed by atoms with Gasteiger partial charge in [-0.3, -0.25) is 9.69 Å². The minimum atomic E-state index is 0.235. The van der Waals surface area contributed by atoms with Crippen molar-refractivity contribution in [2.75, 3.05) is 20.1 Å². The molecule has 0 N–H and O–H groups in total. The molecule has 1 heterocycles. The maximum absolute atomic E-state index is 11.6. The lowest BCUT2D eigenvalue weighted by atomic mass is 9.79. The Labute approximate surface area is 105 Å². The van der Waals surface area contributed by atoms with Crippen molar-refractivity contribution in [1.29, 1.82) is 0 Å². The quantitative estimate of drug-likeness (QED) is 0.737. The van der Waals surface area contributed by atoms with Gasteiger partial charge >= 0.3 is 0 Å². The number of rotatable bonds is 2. The number of amides is 1. The summed E-state index contributed by atoms with van der Waals surface area (Å²) in [6.07, 6.45) is 7.97. The summed E-state index contributed by atoms with van der Waals surface area (Å²) in [5.74, 6) is 0.235. The molecule has 17 heavy (non-hydrogen) atoms. The van der Waals surface area contributed by atoms with Crippen LogP contribution in [0.2, 0.25) is 0 Å². The summed E-state index contributed by atoms with van der Waals surface area (Å²) in [6, 6.07) is 0.445. The van der Waals surface area contributed by atoms with Crippen LogP contribution in [0.25, 0.3) is 0 Å². The fourth-order valence-electron chi connectivity index (χ4n) is 3.91. The molecular weight excluding hydrogens is 212 g/mol.